The number of hydrogen-bond donors (Lipinski definition) is 1. The first-order valence-electron chi connectivity index (χ1n) is 14.6. The Bertz CT molecular complexity index is 1990. The van der Waals surface area contributed by atoms with Gasteiger partial charge in [-0.2, -0.15) is 0 Å². The van der Waals surface area contributed by atoms with Crippen LogP contribution in [-0.4, -0.2) is 33.5 Å². The number of nitrogens with zero attached hydrogens (tertiary/aromatic N) is 2. The van der Waals surface area contributed by atoms with E-state index in [4.69, 9.17) is 8.83 Å². The highest BCUT2D eigenvalue weighted by Gasteiger charge is 2.57. The number of Topliss-reactive ketones (excluding diaryl/α,β-unsaturated/α-hetero) is 1. The number of aromatic nitrogens is 1. The number of oxazole rings is 1. The van der Waals surface area contributed by atoms with Crippen LogP contribution in [0.1, 0.15) is 37.2 Å². The number of rotatable bonds is 4. The quantitative estimate of drug-likeness (QED) is 0.196. The van der Waals surface area contributed by atoms with Gasteiger partial charge >= 0.3 is 0 Å². The minimum Gasteiger partial charge on any atom is -0.463 e. The van der Waals surface area contributed by atoms with Gasteiger partial charge < -0.3 is 13.9 Å². The van der Waals surface area contributed by atoms with Crippen molar-refractivity contribution >= 4 is 40.2 Å². The Kier molecular flexibility index (Phi) is 5.83. The van der Waals surface area contributed by atoms with Crippen molar-refractivity contribution < 1.29 is 33.1 Å². The monoisotopic (exact) mass is 586 g/mol. The highest BCUT2D eigenvalue weighted by Crippen LogP contribution is 2.55. The molecule has 2 aromatic heterocycles. The number of ketones is 2. The second-order valence-electron chi connectivity index (χ2n) is 11.7. The van der Waals surface area contributed by atoms with Crippen molar-refractivity contribution in [2.24, 2.45) is 17.8 Å². The number of benzene rings is 2. The molecule has 1 aliphatic heterocycles. The van der Waals surface area contributed by atoms with Crippen molar-refractivity contribution in [3.8, 4) is 11.5 Å². The number of furan rings is 1. The maximum Gasteiger partial charge on any atom is 0.238 e. The Morgan fingerprint density at radius 2 is 1.73 bits per heavy atom. The summed E-state index contributed by atoms with van der Waals surface area (Å²) in [6.07, 6.45) is 3.80. The van der Waals surface area contributed by atoms with Gasteiger partial charge in [-0.05, 0) is 80.3 Å². The lowest BCUT2D eigenvalue weighted by atomic mass is 9.60. The fourth-order valence-corrected chi connectivity index (χ4v) is 7.33. The van der Waals surface area contributed by atoms with Crippen molar-refractivity contribution in [2.45, 2.75) is 32.3 Å². The van der Waals surface area contributed by atoms with Gasteiger partial charge in [0.15, 0.2) is 17.1 Å². The molecule has 8 rings (SSSR count). The molecule has 3 aliphatic carbocycles. The molecule has 9 heteroatoms. The Labute approximate surface area is 251 Å². The van der Waals surface area contributed by atoms with E-state index >= 15 is 0 Å². The molecule has 218 valence electrons. The van der Waals surface area contributed by atoms with E-state index in [-0.39, 0.29) is 36.4 Å². The molecule has 0 spiro atoms. The second kappa shape index (κ2) is 9.68. The summed E-state index contributed by atoms with van der Waals surface area (Å²) in [6.45, 7) is 1.30. The highest BCUT2D eigenvalue weighted by molar-refractivity contribution is 6.25. The zero-order chi connectivity index (χ0) is 30.3. The van der Waals surface area contributed by atoms with Crippen LogP contribution in [-0.2, 0) is 25.8 Å². The molecule has 1 N–H and O–H groups in total. The van der Waals surface area contributed by atoms with Crippen LogP contribution in [0, 0.1) is 17.8 Å². The standard InChI is InChI=1S/C35H26N2O7/c1-17-14-26(39)24-15-23-21(30(31(24)32(17)40)28-13-10-20(16-38)43-28)11-12-22-29(23)35(42)37(34(22)41)19-8-6-18(7-9-19)33-36-25-4-2-3-5-27(25)44-33/h2-11,13-14,22-23,29-30,38H,12,15-16H2,1H3/t22-,23+,29-,30+/m0/s1. The van der Waals surface area contributed by atoms with Crippen LogP contribution < -0.4 is 4.90 Å². The minimum atomic E-state index is -0.696. The maximum atomic E-state index is 14.1. The molecule has 0 radical (unpaired) electrons. The number of aliphatic hydroxyl groups is 1. The second-order valence-corrected chi connectivity index (χ2v) is 11.7. The first-order valence-corrected chi connectivity index (χ1v) is 14.6. The molecular formula is C35H26N2O7. The lowest BCUT2D eigenvalue weighted by Crippen LogP contribution is -2.39. The number of carbonyl (C=O) groups is 4. The van der Waals surface area contributed by atoms with Gasteiger partial charge in [0.1, 0.15) is 23.6 Å². The lowest BCUT2D eigenvalue weighted by Gasteiger charge is -2.41. The van der Waals surface area contributed by atoms with Gasteiger partial charge in [0.2, 0.25) is 17.7 Å². The van der Waals surface area contributed by atoms with Crippen molar-refractivity contribution in [3.05, 3.63) is 107 Å². The Morgan fingerprint density at radius 1 is 0.932 bits per heavy atom. The van der Waals surface area contributed by atoms with Crippen LogP contribution in [0.15, 0.2) is 104 Å². The molecule has 1 saturated heterocycles. The number of anilines is 1. The number of allylic oxidation sites excluding steroid dienone is 6. The molecule has 2 aromatic carbocycles. The van der Waals surface area contributed by atoms with E-state index < -0.39 is 23.7 Å². The highest BCUT2D eigenvalue weighted by atomic mass is 16.4. The summed E-state index contributed by atoms with van der Waals surface area (Å²) >= 11 is 0. The summed E-state index contributed by atoms with van der Waals surface area (Å²) in [4.78, 5) is 60.4. The summed E-state index contributed by atoms with van der Waals surface area (Å²) in [5, 5.41) is 9.64. The van der Waals surface area contributed by atoms with Crippen molar-refractivity contribution in [1.29, 1.82) is 0 Å². The maximum absolute atomic E-state index is 14.1. The first kappa shape index (κ1) is 26.5. The topological polar surface area (TPSA) is 131 Å². The van der Waals surface area contributed by atoms with Gasteiger partial charge in [-0.15, -0.1) is 0 Å². The van der Waals surface area contributed by atoms with Gasteiger partial charge in [-0.25, -0.2) is 4.98 Å². The largest absolute Gasteiger partial charge is 0.463 e. The smallest absolute Gasteiger partial charge is 0.238 e. The van der Waals surface area contributed by atoms with E-state index in [2.05, 4.69) is 4.98 Å². The molecule has 2 amide bonds. The molecule has 1 fully saturated rings. The third-order valence-corrected chi connectivity index (χ3v) is 9.35. The minimum absolute atomic E-state index is 0.185. The molecule has 4 aliphatic rings. The summed E-state index contributed by atoms with van der Waals surface area (Å²) in [6, 6.07) is 17.8. The van der Waals surface area contributed by atoms with E-state index in [1.807, 2.05) is 30.3 Å². The number of imide groups is 1. The predicted molar refractivity (Wildman–Crippen MR) is 158 cm³/mol. The molecule has 0 unspecified atom stereocenters. The molecule has 4 aromatic rings. The molecule has 3 heterocycles. The SMILES string of the molecule is CC1=CC(=O)C2=C(C1=O)[C@@H](c1ccc(CO)o1)C1=CC[C@@H]3C(=O)N(c4ccc(-c5nc6ccccc6o5)cc4)C(=O)[C@@H]3[C@@H]1C2. The number of fused-ring (bicyclic) bond motifs is 4. The van der Waals surface area contributed by atoms with E-state index in [0.29, 0.717) is 57.4 Å². The van der Waals surface area contributed by atoms with Crippen LogP contribution >= 0.6 is 0 Å². The van der Waals surface area contributed by atoms with Crippen LogP contribution in [0.25, 0.3) is 22.6 Å². The van der Waals surface area contributed by atoms with Gasteiger partial charge in [0.05, 0.1) is 23.4 Å². The Morgan fingerprint density at radius 3 is 2.48 bits per heavy atom. The van der Waals surface area contributed by atoms with E-state index in [0.717, 1.165) is 11.1 Å². The molecule has 0 bridgehead atoms. The number of amides is 2. The molecule has 4 atom stereocenters. The average molecular weight is 587 g/mol. The van der Waals surface area contributed by atoms with Crippen LogP contribution in [0.5, 0.6) is 0 Å². The molecular weight excluding hydrogens is 560 g/mol. The summed E-state index contributed by atoms with van der Waals surface area (Å²) in [5.41, 5.74) is 4.43. The van der Waals surface area contributed by atoms with Crippen LogP contribution in [0.3, 0.4) is 0 Å². The van der Waals surface area contributed by atoms with Crippen molar-refractivity contribution in [3.63, 3.8) is 0 Å². The first-order chi connectivity index (χ1) is 21.3. The Hall–Kier alpha value is -5.15. The molecule has 44 heavy (non-hydrogen) atoms. The normalized spacial score (nSPS) is 24.8. The fourth-order valence-electron chi connectivity index (χ4n) is 7.33. The van der Waals surface area contributed by atoms with E-state index in [9.17, 15) is 24.3 Å². The lowest BCUT2D eigenvalue weighted by molar-refractivity contribution is -0.123. The zero-order valence-corrected chi connectivity index (χ0v) is 23.7. The van der Waals surface area contributed by atoms with Crippen molar-refractivity contribution in [1.82, 2.24) is 4.98 Å². The van der Waals surface area contributed by atoms with E-state index in [1.54, 1.807) is 43.3 Å². The Balaban J connectivity index is 1.15. The summed E-state index contributed by atoms with van der Waals surface area (Å²) in [5.74, 6) is -2.35. The van der Waals surface area contributed by atoms with Crippen LogP contribution in [0.2, 0.25) is 0 Å². The molecule has 0 saturated carbocycles. The van der Waals surface area contributed by atoms with Crippen molar-refractivity contribution in [2.75, 3.05) is 4.90 Å². The number of carbonyl (C=O) groups excluding carboxylic acids is 4. The zero-order valence-electron chi connectivity index (χ0n) is 23.7. The average Bonchev–Trinajstić information content (AvgIpc) is 3.75. The number of hydrogen-bond acceptors (Lipinski definition) is 8. The summed E-state index contributed by atoms with van der Waals surface area (Å²) < 4.78 is 11.8. The third-order valence-electron chi connectivity index (χ3n) is 9.35. The van der Waals surface area contributed by atoms with Gasteiger partial charge in [-0.1, -0.05) is 23.8 Å². The summed E-state index contributed by atoms with van der Waals surface area (Å²) in [7, 11) is 0. The predicted octanol–water partition coefficient (Wildman–Crippen LogP) is 5.21. The van der Waals surface area contributed by atoms with Gasteiger partial charge in [0.25, 0.3) is 0 Å². The van der Waals surface area contributed by atoms with Crippen LogP contribution in [0.4, 0.5) is 5.69 Å². The van der Waals surface area contributed by atoms with E-state index in [1.165, 1.54) is 11.0 Å². The number of para-hydroxylation sites is 2. The van der Waals surface area contributed by atoms with Gasteiger partial charge in [0, 0.05) is 22.3 Å². The fraction of sp³-hybridized carbons (Fsp3) is 0.229. The van der Waals surface area contributed by atoms with Gasteiger partial charge in [-0.3, -0.25) is 24.1 Å². The number of aliphatic hydroxyl groups excluding tert-OH is 1. The third kappa shape index (κ3) is 3.79. The molecule has 9 nitrogen and oxygen atoms in total.